The molecule has 0 spiro atoms. The van der Waals surface area contributed by atoms with Crippen molar-refractivity contribution in [1.82, 2.24) is 0 Å². The van der Waals surface area contributed by atoms with Crippen molar-refractivity contribution in [3.8, 4) is 0 Å². The zero-order valence-electron chi connectivity index (χ0n) is 10.8. The average Bonchev–Trinajstić information content (AvgIpc) is 2.36. The van der Waals surface area contributed by atoms with Gasteiger partial charge in [-0.1, -0.05) is 49.9 Å². The molecule has 0 saturated carbocycles. The van der Waals surface area contributed by atoms with Gasteiger partial charge in [0.25, 0.3) is 0 Å². The number of thioether (sulfide) groups is 1. The van der Waals surface area contributed by atoms with E-state index in [0.29, 0.717) is 11.3 Å². The van der Waals surface area contributed by atoms with Crippen molar-refractivity contribution >= 4 is 11.8 Å². The number of hydrogen-bond acceptors (Lipinski definition) is 2. The Morgan fingerprint density at radius 1 is 1.32 bits per heavy atom. The van der Waals surface area contributed by atoms with E-state index in [-0.39, 0.29) is 0 Å². The molecule has 1 N–H and O–H groups in total. The normalized spacial score (nSPS) is 16.2. The summed E-state index contributed by atoms with van der Waals surface area (Å²) in [6.07, 6.45) is -4.56. The molecule has 1 rings (SSSR count). The van der Waals surface area contributed by atoms with Crippen LogP contribution in [0, 0.1) is 5.92 Å². The Morgan fingerprint density at radius 2 is 1.89 bits per heavy atom. The van der Waals surface area contributed by atoms with Gasteiger partial charge in [0, 0.05) is 10.8 Å². The molecule has 0 bridgehead atoms. The molecular weight excluding hydrogens is 273 g/mol. The van der Waals surface area contributed by atoms with Crippen molar-refractivity contribution in [1.29, 1.82) is 0 Å². The van der Waals surface area contributed by atoms with E-state index in [9.17, 15) is 18.3 Å². The van der Waals surface area contributed by atoms with E-state index in [1.807, 2.05) is 37.3 Å². The van der Waals surface area contributed by atoms with Crippen molar-refractivity contribution in [2.75, 3.05) is 0 Å². The van der Waals surface area contributed by atoms with Crippen LogP contribution in [0.1, 0.15) is 20.3 Å². The van der Waals surface area contributed by atoms with Crippen molar-refractivity contribution in [2.45, 2.75) is 37.4 Å². The first-order chi connectivity index (χ1) is 8.86. The molecule has 0 heterocycles. The summed E-state index contributed by atoms with van der Waals surface area (Å²) in [7, 11) is 0. The highest BCUT2D eigenvalue weighted by Crippen LogP contribution is 2.37. The average molecular weight is 290 g/mol. The van der Waals surface area contributed by atoms with Crippen molar-refractivity contribution in [2.24, 2.45) is 5.92 Å². The third kappa shape index (κ3) is 4.91. The van der Waals surface area contributed by atoms with Crippen molar-refractivity contribution in [3.05, 3.63) is 41.3 Å². The predicted molar refractivity (Wildman–Crippen MR) is 71.9 cm³/mol. The van der Waals surface area contributed by atoms with Crippen molar-refractivity contribution in [3.63, 3.8) is 0 Å². The van der Waals surface area contributed by atoms with Gasteiger partial charge >= 0.3 is 6.18 Å². The van der Waals surface area contributed by atoms with Gasteiger partial charge in [0.1, 0.15) is 0 Å². The molecule has 1 nitrogen and oxygen atoms in total. The summed E-state index contributed by atoms with van der Waals surface area (Å²) in [6.45, 7) is 3.26. The molecule has 0 aliphatic heterocycles. The first-order valence-electron chi connectivity index (χ1n) is 6.04. The molecule has 1 aromatic carbocycles. The highest BCUT2D eigenvalue weighted by molar-refractivity contribution is 8.03. The van der Waals surface area contributed by atoms with E-state index in [0.717, 1.165) is 4.90 Å². The second-order valence-corrected chi connectivity index (χ2v) is 5.35. The minimum absolute atomic E-state index is 0.540. The number of alkyl halides is 3. The van der Waals surface area contributed by atoms with E-state index < -0.39 is 18.2 Å². The second-order valence-electron chi connectivity index (χ2n) is 4.20. The standard InChI is InChI=1S/C14H17F3OS/c1-3-7-12(10(2)13(18)14(15,16)17)19-11-8-5-4-6-9-11/h4-10,13,18H,3H2,1-2H3/b12-7+/t10-,13+/m0/s1. The van der Waals surface area contributed by atoms with E-state index in [1.165, 1.54) is 18.7 Å². The minimum Gasteiger partial charge on any atom is -0.383 e. The van der Waals surface area contributed by atoms with Gasteiger partial charge in [-0.2, -0.15) is 13.2 Å². The third-order valence-electron chi connectivity index (χ3n) is 2.64. The van der Waals surface area contributed by atoms with Crippen LogP contribution in [0.5, 0.6) is 0 Å². The lowest BCUT2D eigenvalue weighted by molar-refractivity contribution is -0.213. The predicted octanol–water partition coefficient (Wildman–Crippen LogP) is 4.63. The Morgan fingerprint density at radius 3 is 2.37 bits per heavy atom. The first kappa shape index (κ1) is 16.1. The molecule has 0 aliphatic carbocycles. The summed E-state index contributed by atoms with van der Waals surface area (Å²) in [5.41, 5.74) is 0. The molecule has 0 amide bonds. The third-order valence-corrected chi connectivity index (χ3v) is 3.92. The van der Waals surface area contributed by atoms with Crippen LogP contribution in [0.3, 0.4) is 0 Å². The van der Waals surface area contributed by atoms with E-state index in [2.05, 4.69) is 0 Å². The van der Waals surface area contributed by atoms with Crippen LogP contribution >= 0.6 is 11.8 Å². The van der Waals surface area contributed by atoms with Gasteiger partial charge < -0.3 is 5.11 Å². The Labute approximate surface area is 115 Å². The number of allylic oxidation sites excluding steroid dienone is 1. The molecule has 0 fully saturated rings. The second kappa shape index (κ2) is 7.01. The minimum atomic E-state index is -4.59. The molecule has 0 unspecified atom stereocenters. The molecule has 0 aromatic heterocycles. The lowest BCUT2D eigenvalue weighted by Crippen LogP contribution is -2.35. The number of halogens is 3. The van der Waals surface area contributed by atoms with E-state index >= 15 is 0 Å². The summed E-state index contributed by atoms with van der Waals surface area (Å²) >= 11 is 1.27. The Bertz CT molecular complexity index is 414. The molecule has 0 saturated heterocycles. The lowest BCUT2D eigenvalue weighted by Gasteiger charge is -2.23. The molecule has 0 radical (unpaired) electrons. The number of aliphatic hydroxyl groups is 1. The van der Waals surface area contributed by atoms with E-state index in [1.54, 1.807) is 6.08 Å². The van der Waals surface area contributed by atoms with Crippen molar-refractivity contribution < 1.29 is 18.3 Å². The Kier molecular flexibility index (Phi) is 5.94. The first-order valence-corrected chi connectivity index (χ1v) is 6.85. The van der Waals surface area contributed by atoms with Gasteiger partial charge in [-0.3, -0.25) is 0 Å². The van der Waals surface area contributed by atoms with Crippen LogP contribution in [0.4, 0.5) is 13.2 Å². The fourth-order valence-corrected chi connectivity index (χ4v) is 2.72. The highest BCUT2D eigenvalue weighted by atomic mass is 32.2. The van der Waals surface area contributed by atoms with E-state index in [4.69, 9.17) is 0 Å². The van der Waals surface area contributed by atoms with Crippen LogP contribution in [-0.4, -0.2) is 17.4 Å². The van der Waals surface area contributed by atoms with Gasteiger partial charge in [0.2, 0.25) is 0 Å². The lowest BCUT2D eigenvalue weighted by atomic mass is 10.0. The number of rotatable bonds is 5. The molecular formula is C14H17F3OS. The fraction of sp³-hybridized carbons (Fsp3) is 0.429. The summed E-state index contributed by atoms with van der Waals surface area (Å²) < 4.78 is 37.7. The topological polar surface area (TPSA) is 20.2 Å². The van der Waals surface area contributed by atoms with Crippen LogP contribution in [0.25, 0.3) is 0 Å². The molecule has 1 aromatic rings. The van der Waals surface area contributed by atoms with Gasteiger partial charge in [0.05, 0.1) is 0 Å². The number of hydrogen-bond donors (Lipinski definition) is 1. The van der Waals surface area contributed by atoms with Crippen LogP contribution in [0.2, 0.25) is 0 Å². The van der Waals surface area contributed by atoms with Gasteiger partial charge in [-0.25, -0.2) is 0 Å². The van der Waals surface area contributed by atoms with Gasteiger partial charge in [0.15, 0.2) is 6.10 Å². The molecule has 2 atom stereocenters. The molecule has 106 valence electrons. The summed E-state index contributed by atoms with van der Waals surface area (Å²) in [5, 5.41) is 9.35. The maximum atomic E-state index is 12.6. The molecule has 5 heteroatoms. The Hall–Kier alpha value is -0.940. The summed E-state index contributed by atoms with van der Waals surface area (Å²) in [6, 6.07) is 9.18. The highest BCUT2D eigenvalue weighted by Gasteiger charge is 2.42. The molecule has 19 heavy (non-hydrogen) atoms. The quantitative estimate of drug-likeness (QED) is 0.798. The van der Waals surface area contributed by atoms with Gasteiger partial charge in [-0.05, 0) is 23.5 Å². The zero-order chi connectivity index (χ0) is 14.5. The SMILES string of the molecule is CC/C=C(/Sc1ccccc1)[C@H](C)[C@@H](O)C(F)(F)F. The number of benzene rings is 1. The maximum absolute atomic E-state index is 12.6. The summed E-state index contributed by atoms with van der Waals surface area (Å²) in [4.78, 5) is 1.40. The largest absolute Gasteiger partial charge is 0.414 e. The van der Waals surface area contributed by atoms with Crippen LogP contribution in [0.15, 0.2) is 46.2 Å². The monoisotopic (exact) mass is 290 g/mol. The zero-order valence-corrected chi connectivity index (χ0v) is 11.6. The fourth-order valence-electron chi connectivity index (χ4n) is 1.59. The molecule has 0 aliphatic rings. The summed E-state index contributed by atoms with van der Waals surface area (Å²) in [5.74, 6) is -0.967. The maximum Gasteiger partial charge on any atom is 0.414 e. The number of aliphatic hydroxyl groups excluding tert-OH is 1. The van der Waals surface area contributed by atoms with Crippen LogP contribution < -0.4 is 0 Å². The smallest absolute Gasteiger partial charge is 0.383 e. The van der Waals surface area contributed by atoms with Crippen LogP contribution in [-0.2, 0) is 0 Å². The Balaban J connectivity index is 2.87. The van der Waals surface area contributed by atoms with Gasteiger partial charge in [-0.15, -0.1) is 0 Å².